The van der Waals surface area contributed by atoms with E-state index in [0.29, 0.717) is 18.1 Å². The second-order valence-electron chi connectivity index (χ2n) is 7.03. The molecule has 0 radical (unpaired) electrons. The Hall–Kier alpha value is -1.06. The van der Waals surface area contributed by atoms with Crippen LogP contribution in [0.2, 0.25) is 0 Å². The molecule has 0 aromatic rings. The molecular weight excluding hydrogens is 254 g/mol. The predicted octanol–water partition coefficient (Wildman–Crippen LogP) is 2.80. The zero-order chi connectivity index (χ0) is 14.8. The summed E-state index contributed by atoms with van der Waals surface area (Å²) >= 11 is 0. The molecule has 114 valence electrons. The fraction of sp³-hybridized carbons (Fsp3) is 0.875. The number of hydrogen-bond acceptors (Lipinski definition) is 3. The van der Waals surface area contributed by atoms with Crippen molar-refractivity contribution in [2.24, 2.45) is 10.8 Å². The molecule has 1 N–H and O–H groups in total. The van der Waals surface area contributed by atoms with Gasteiger partial charge < -0.3 is 10.1 Å². The molecule has 0 heterocycles. The molecule has 0 unspecified atom stereocenters. The van der Waals surface area contributed by atoms with Gasteiger partial charge in [-0.1, -0.05) is 19.3 Å². The summed E-state index contributed by atoms with van der Waals surface area (Å²) in [6, 6.07) is 0.341. The highest BCUT2D eigenvalue weighted by atomic mass is 16.5. The summed E-state index contributed by atoms with van der Waals surface area (Å²) in [6.07, 6.45) is 7.75. The summed E-state index contributed by atoms with van der Waals surface area (Å²) < 4.78 is 5.02. The van der Waals surface area contributed by atoms with Crippen LogP contribution in [0, 0.1) is 10.8 Å². The lowest BCUT2D eigenvalue weighted by Gasteiger charge is -2.24. The lowest BCUT2D eigenvalue weighted by molar-refractivity contribution is -0.155. The molecule has 2 aliphatic rings. The SMILES string of the molecule is CCOC(=O)C(C)(C)CC(=O)N[C@@H]1CC12CCCCC2. The van der Waals surface area contributed by atoms with E-state index >= 15 is 0 Å². The fourth-order valence-electron chi connectivity index (χ4n) is 3.41. The lowest BCUT2D eigenvalue weighted by Crippen LogP contribution is -2.37. The molecule has 0 aromatic heterocycles. The van der Waals surface area contributed by atoms with Crippen LogP contribution >= 0.6 is 0 Å². The molecule has 0 bridgehead atoms. The highest BCUT2D eigenvalue weighted by Gasteiger charge is 2.54. The summed E-state index contributed by atoms with van der Waals surface area (Å²) in [5.41, 5.74) is -0.351. The Kier molecular flexibility index (Phi) is 4.40. The monoisotopic (exact) mass is 281 g/mol. The van der Waals surface area contributed by atoms with Gasteiger partial charge in [-0.25, -0.2) is 0 Å². The second kappa shape index (κ2) is 5.74. The number of carbonyl (C=O) groups is 2. The van der Waals surface area contributed by atoms with Crippen LogP contribution in [0.3, 0.4) is 0 Å². The Balaban J connectivity index is 1.80. The van der Waals surface area contributed by atoms with E-state index < -0.39 is 5.41 Å². The van der Waals surface area contributed by atoms with Crippen molar-refractivity contribution in [3.63, 3.8) is 0 Å². The molecule has 2 saturated carbocycles. The minimum atomic E-state index is -0.741. The zero-order valence-electron chi connectivity index (χ0n) is 13.0. The second-order valence-corrected chi connectivity index (χ2v) is 7.03. The minimum absolute atomic E-state index is 0.0181. The first-order valence-electron chi connectivity index (χ1n) is 7.86. The Morgan fingerprint density at radius 2 is 1.90 bits per heavy atom. The summed E-state index contributed by atoms with van der Waals surface area (Å²) in [6.45, 7) is 5.68. The van der Waals surface area contributed by atoms with Crippen LogP contribution in [0.5, 0.6) is 0 Å². The third-order valence-corrected chi connectivity index (χ3v) is 4.80. The highest BCUT2D eigenvalue weighted by molar-refractivity contribution is 5.85. The zero-order valence-corrected chi connectivity index (χ0v) is 13.0. The molecule has 2 fully saturated rings. The van der Waals surface area contributed by atoms with Gasteiger partial charge in [0.25, 0.3) is 0 Å². The summed E-state index contributed by atoms with van der Waals surface area (Å²) in [5.74, 6) is -0.311. The van der Waals surface area contributed by atoms with Gasteiger partial charge in [-0.2, -0.15) is 0 Å². The van der Waals surface area contributed by atoms with E-state index in [9.17, 15) is 9.59 Å². The average Bonchev–Trinajstić information content (AvgIpc) is 3.01. The third-order valence-electron chi connectivity index (χ3n) is 4.80. The molecular formula is C16H27NO3. The van der Waals surface area contributed by atoms with Crippen LogP contribution in [-0.4, -0.2) is 24.5 Å². The molecule has 4 heteroatoms. The van der Waals surface area contributed by atoms with Crippen LogP contribution in [0.4, 0.5) is 0 Å². The Bertz CT molecular complexity index is 383. The van der Waals surface area contributed by atoms with Crippen molar-refractivity contribution in [3.8, 4) is 0 Å². The maximum Gasteiger partial charge on any atom is 0.312 e. The van der Waals surface area contributed by atoms with Gasteiger partial charge in [0, 0.05) is 12.5 Å². The van der Waals surface area contributed by atoms with Crippen LogP contribution in [0.1, 0.15) is 65.7 Å². The molecule has 2 rings (SSSR count). The van der Waals surface area contributed by atoms with Crippen molar-refractivity contribution >= 4 is 11.9 Å². The van der Waals surface area contributed by atoms with Gasteiger partial charge in [0.05, 0.1) is 12.0 Å². The van der Waals surface area contributed by atoms with Crippen molar-refractivity contribution in [1.82, 2.24) is 5.32 Å². The van der Waals surface area contributed by atoms with E-state index in [2.05, 4.69) is 5.32 Å². The van der Waals surface area contributed by atoms with Crippen LogP contribution in [0.25, 0.3) is 0 Å². The van der Waals surface area contributed by atoms with Gasteiger partial charge in [0.1, 0.15) is 0 Å². The molecule has 20 heavy (non-hydrogen) atoms. The van der Waals surface area contributed by atoms with Gasteiger partial charge in [-0.3, -0.25) is 9.59 Å². The largest absolute Gasteiger partial charge is 0.466 e. The van der Waals surface area contributed by atoms with E-state index in [4.69, 9.17) is 4.74 Å². The summed E-state index contributed by atoms with van der Waals surface area (Å²) in [7, 11) is 0. The number of hydrogen-bond donors (Lipinski definition) is 1. The van der Waals surface area contributed by atoms with Crippen LogP contribution < -0.4 is 5.32 Å². The van der Waals surface area contributed by atoms with Gasteiger partial charge in [-0.15, -0.1) is 0 Å². The van der Waals surface area contributed by atoms with Crippen LogP contribution in [0.15, 0.2) is 0 Å². The van der Waals surface area contributed by atoms with Crippen LogP contribution in [-0.2, 0) is 14.3 Å². The number of amides is 1. The van der Waals surface area contributed by atoms with Gasteiger partial charge in [0.2, 0.25) is 5.91 Å². The fourth-order valence-corrected chi connectivity index (χ4v) is 3.41. The molecule has 4 nitrogen and oxygen atoms in total. The van der Waals surface area contributed by atoms with E-state index in [1.165, 1.54) is 32.1 Å². The number of esters is 1. The molecule has 0 saturated heterocycles. The summed E-state index contributed by atoms with van der Waals surface area (Å²) in [5, 5.41) is 3.12. The topological polar surface area (TPSA) is 55.4 Å². The van der Waals surface area contributed by atoms with Gasteiger partial charge in [-0.05, 0) is 45.4 Å². The molecule has 0 aliphatic heterocycles. The Morgan fingerprint density at radius 3 is 2.50 bits per heavy atom. The first-order valence-corrected chi connectivity index (χ1v) is 7.86. The van der Waals surface area contributed by atoms with Crippen molar-refractivity contribution in [2.75, 3.05) is 6.61 Å². The highest BCUT2D eigenvalue weighted by Crippen LogP contribution is 2.56. The van der Waals surface area contributed by atoms with E-state index in [0.717, 1.165) is 6.42 Å². The first kappa shape index (κ1) is 15.3. The molecule has 1 amide bonds. The van der Waals surface area contributed by atoms with Crippen molar-refractivity contribution in [1.29, 1.82) is 0 Å². The van der Waals surface area contributed by atoms with Crippen molar-refractivity contribution in [2.45, 2.75) is 71.8 Å². The quantitative estimate of drug-likeness (QED) is 0.788. The van der Waals surface area contributed by atoms with Crippen molar-refractivity contribution in [3.05, 3.63) is 0 Å². The molecule has 1 spiro atoms. The molecule has 0 aromatic carbocycles. The minimum Gasteiger partial charge on any atom is -0.466 e. The normalized spacial score (nSPS) is 24.2. The van der Waals surface area contributed by atoms with Gasteiger partial charge >= 0.3 is 5.97 Å². The van der Waals surface area contributed by atoms with E-state index in [1.807, 2.05) is 0 Å². The molecule has 2 aliphatic carbocycles. The van der Waals surface area contributed by atoms with E-state index in [1.54, 1.807) is 20.8 Å². The number of ether oxygens (including phenoxy) is 1. The number of carbonyl (C=O) groups excluding carboxylic acids is 2. The maximum atomic E-state index is 12.1. The first-order chi connectivity index (χ1) is 9.39. The summed E-state index contributed by atoms with van der Waals surface area (Å²) in [4.78, 5) is 23.9. The predicted molar refractivity (Wildman–Crippen MR) is 77.1 cm³/mol. The maximum absolute atomic E-state index is 12.1. The number of nitrogens with one attached hydrogen (secondary N) is 1. The number of rotatable bonds is 5. The standard InChI is InChI=1S/C16H27NO3/c1-4-20-14(19)15(2,3)11-13(18)17-12-10-16(12)8-6-5-7-9-16/h12H,4-11H2,1-3H3,(H,17,18)/t12-/m1/s1. The molecule has 1 atom stereocenters. The Labute approximate surface area is 121 Å². The Morgan fingerprint density at radius 1 is 1.25 bits per heavy atom. The van der Waals surface area contributed by atoms with E-state index in [-0.39, 0.29) is 18.3 Å². The smallest absolute Gasteiger partial charge is 0.312 e. The lowest BCUT2D eigenvalue weighted by atomic mass is 9.85. The third kappa shape index (κ3) is 3.33. The van der Waals surface area contributed by atoms with Crippen molar-refractivity contribution < 1.29 is 14.3 Å². The van der Waals surface area contributed by atoms with Gasteiger partial charge in [0.15, 0.2) is 0 Å². The average molecular weight is 281 g/mol.